The molecule has 0 saturated carbocycles. The minimum absolute atomic E-state index is 1.03. The molecular weight excluding hydrogens is 504 g/mol. The molecular formula is C37H20N2S. The standard InChI is InChI=1S/C37H20N2S/c1-2-8-22-15-23(14-13-21(22)7-1)25-17-29-27-19-28-26-10-4-6-12-34(26)40-35(28)20-33(27)39-36(29)30(18-25)31-16-24-9-3-5-11-32(24)38-37(31)39/h1-20H. The second-order valence-electron chi connectivity index (χ2n) is 10.8. The first kappa shape index (κ1) is 20.9. The minimum atomic E-state index is 1.03. The van der Waals surface area contributed by atoms with Gasteiger partial charge in [-0.05, 0) is 70.4 Å². The van der Waals surface area contributed by atoms with Crippen molar-refractivity contribution in [2.45, 2.75) is 0 Å². The van der Waals surface area contributed by atoms with Gasteiger partial charge in [-0.2, -0.15) is 0 Å². The lowest BCUT2D eigenvalue weighted by atomic mass is 9.97. The third kappa shape index (κ3) is 2.65. The first-order chi connectivity index (χ1) is 19.8. The summed E-state index contributed by atoms with van der Waals surface area (Å²) < 4.78 is 5.06. The second kappa shape index (κ2) is 7.35. The topological polar surface area (TPSA) is 17.3 Å². The van der Waals surface area contributed by atoms with Gasteiger partial charge in [-0.25, -0.2) is 4.98 Å². The number of fused-ring (bicyclic) bond motifs is 11. The Morgan fingerprint density at radius 2 is 1.25 bits per heavy atom. The number of hydrogen-bond acceptors (Lipinski definition) is 2. The van der Waals surface area contributed by atoms with Gasteiger partial charge in [-0.15, -0.1) is 11.3 Å². The Labute approximate surface area is 232 Å². The average Bonchev–Trinajstić information content (AvgIpc) is 3.64. The van der Waals surface area contributed by atoms with E-state index in [1.807, 2.05) is 11.3 Å². The summed E-state index contributed by atoms with van der Waals surface area (Å²) in [5.41, 5.74) is 7.03. The van der Waals surface area contributed by atoms with Crippen LogP contribution in [-0.4, -0.2) is 9.38 Å². The van der Waals surface area contributed by atoms with E-state index in [9.17, 15) is 0 Å². The van der Waals surface area contributed by atoms with Gasteiger partial charge in [-0.1, -0.05) is 72.8 Å². The van der Waals surface area contributed by atoms with E-state index in [-0.39, 0.29) is 0 Å². The van der Waals surface area contributed by atoms with Crippen LogP contribution in [0.5, 0.6) is 0 Å². The van der Waals surface area contributed by atoms with Crippen LogP contribution >= 0.6 is 11.3 Å². The molecule has 0 radical (unpaired) electrons. The van der Waals surface area contributed by atoms with E-state index in [0.717, 1.165) is 11.2 Å². The quantitative estimate of drug-likeness (QED) is 0.209. The van der Waals surface area contributed by atoms with Crippen molar-refractivity contribution >= 4 is 91.4 Å². The molecule has 0 aliphatic heterocycles. The highest BCUT2D eigenvalue weighted by atomic mass is 32.1. The highest BCUT2D eigenvalue weighted by Gasteiger charge is 2.21. The minimum Gasteiger partial charge on any atom is -0.293 e. The fraction of sp³-hybridized carbons (Fsp3) is 0. The smallest absolute Gasteiger partial charge is 0.146 e. The Morgan fingerprint density at radius 3 is 2.17 bits per heavy atom. The average molecular weight is 525 g/mol. The molecule has 10 aromatic rings. The van der Waals surface area contributed by atoms with E-state index in [1.165, 1.54) is 80.0 Å². The van der Waals surface area contributed by atoms with Gasteiger partial charge in [0.05, 0.1) is 16.6 Å². The molecule has 2 nitrogen and oxygen atoms in total. The molecule has 0 unspecified atom stereocenters. The Balaban J connectivity index is 1.41. The third-order valence-corrected chi connectivity index (χ3v) is 9.78. The molecule has 0 N–H and O–H groups in total. The van der Waals surface area contributed by atoms with E-state index in [4.69, 9.17) is 4.98 Å². The number of rotatable bonds is 1. The van der Waals surface area contributed by atoms with E-state index >= 15 is 0 Å². The lowest BCUT2D eigenvalue weighted by Crippen LogP contribution is -1.86. The first-order valence-electron chi connectivity index (χ1n) is 13.6. The number of para-hydroxylation sites is 1. The molecule has 0 amide bonds. The number of hydrogen-bond donors (Lipinski definition) is 0. The van der Waals surface area contributed by atoms with Crippen LogP contribution in [0.25, 0.3) is 91.2 Å². The number of pyridine rings is 1. The fourth-order valence-electron chi connectivity index (χ4n) is 6.80. The van der Waals surface area contributed by atoms with Crippen LogP contribution in [0, 0.1) is 0 Å². The van der Waals surface area contributed by atoms with Gasteiger partial charge < -0.3 is 0 Å². The van der Waals surface area contributed by atoms with Crippen LogP contribution in [0.3, 0.4) is 0 Å². The Bertz CT molecular complexity index is 2660. The van der Waals surface area contributed by atoms with Gasteiger partial charge in [0.2, 0.25) is 0 Å². The Kier molecular flexibility index (Phi) is 3.84. The maximum absolute atomic E-state index is 5.25. The molecule has 4 heterocycles. The van der Waals surface area contributed by atoms with Crippen LogP contribution in [0.2, 0.25) is 0 Å². The van der Waals surface area contributed by atoms with Crippen LogP contribution in [0.15, 0.2) is 121 Å². The van der Waals surface area contributed by atoms with E-state index in [1.54, 1.807) is 0 Å². The first-order valence-corrected chi connectivity index (χ1v) is 14.4. The van der Waals surface area contributed by atoms with Crippen LogP contribution in [0.1, 0.15) is 0 Å². The summed E-state index contributed by atoms with van der Waals surface area (Å²) in [6.45, 7) is 0. The largest absolute Gasteiger partial charge is 0.293 e. The molecule has 0 aliphatic rings. The summed E-state index contributed by atoms with van der Waals surface area (Å²) in [6, 6.07) is 44.5. The molecule has 3 heteroatoms. The molecule has 0 saturated heterocycles. The second-order valence-corrected chi connectivity index (χ2v) is 11.9. The lowest BCUT2D eigenvalue weighted by molar-refractivity contribution is 1.30. The van der Waals surface area contributed by atoms with Crippen molar-refractivity contribution in [3.63, 3.8) is 0 Å². The van der Waals surface area contributed by atoms with Crippen molar-refractivity contribution in [2.75, 3.05) is 0 Å². The zero-order chi connectivity index (χ0) is 25.9. The summed E-state index contributed by atoms with van der Waals surface area (Å²) in [7, 11) is 0. The normalized spacial score (nSPS) is 12.5. The molecule has 0 fully saturated rings. The Hall–Kier alpha value is -4.99. The number of benzene rings is 6. The maximum Gasteiger partial charge on any atom is 0.146 e. The van der Waals surface area contributed by atoms with Crippen molar-refractivity contribution in [1.29, 1.82) is 0 Å². The van der Waals surface area contributed by atoms with Gasteiger partial charge >= 0.3 is 0 Å². The molecule has 6 aromatic carbocycles. The van der Waals surface area contributed by atoms with Gasteiger partial charge in [0.25, 0.3) is 0 Å². The molecule has 0 spiro atoms. The van der Waals surface area contributed by atoms with Crippen molar-refractivity contribution < 1.29 is 0 Å². The van der Waals surface area contributed by atoms with E-state index in [0.29, 0.717) is 0 Å². The monoisotopic (exact) mass is 524 g/mol. The summed E-state index contributed by atoms with van der Waals surface area (Å²) in [5.74, 6) is 0. The van der Waals surface area contributed by atoms with Gasteiger partial charge in [-0.3, -0.25) is 4.40 Å². The molecule has 0 atom stereocenters. The maximum atomic E-state index is 5.25. The predicted molar refractivity (Wildman–Crippen MR) is 172 cm³/mol. The SMILES string of the molecule is c1ccc2cc(-c3cc4c5cc6c(cc5n5c7nc8ccccc8cc7c(c3)c45)sc3ccccc36)ccc2c1. The highest BCUT2D eigenvalue weighted by Crippen LogP contribution is 2.45. The van der Waals surface area contributed by atoms with Crippen molar-refractivity contribution in [3.8, 4) is 11.1 Å². The molecule has 0 bridgehead atoms. The highest BCUT2D eigenvalue weighted by molar-refractivity contribution is 7.25. The molecule has 0 aliphatic carbocycles. The molecule has 40 heavy (non-hydrogen) atoms. The van der Waals surface area contributed by atoms with Crippen molar-refractivity contribution in [2.24, 2.45) is 0 Å². The molecule has 4 aromatic heterocycles. The molecule has 10 rings (SSSR count). The van der Waals surface area contributed by atoms with Crippen molar-refractivity contribution in [1.82, 2.24) is 9.38 Å². The number of aromatic nitrogens is 2. The van der Waals surface area contributed by atoms with Crippen LogP contribution < -0.4 is 0 Å². The lowest BCUT2D eigenvalue weighted by Gasteiger charge is -2.06. The zero-order valence-corrected chi connectivity index (χ0v) is 22.2. The van der Waals surface area contributed by atoms with Crippen molar-refractivity contribution in [3.05, 3.63) is 121 Å². The van der Waals surface area contributed by atoms with Gasteiger partial charge in [0, 0.05) is 47.1 Å². The Morgan fingerprint density at radius 1 is 0.475 bits per heavy atom. The van der Waals surface area contributed by atoms with Gasteiger partial charge in [0.15, 0.2) is 0 Å². The third-order valence-electron chi connectivity index (χ3n) is 8.65. The summed E-state index contributed by atoms with van der Waals surface area (Å²) in [6.07, 6.45) is 0. The van der Waals surface area contributed by atoms with Crippen LogP contribution in [-0.2, 0) is 0 Å². The van der Waals surface area contributed by atoms with Gasteiger partial charge in [0.1, 0.15) is 5.65 Å². The summed E-state index contributed by atoms with van der Waals surface area (Å²) in [5, 5.41) is 11.4. The predicted octanol–water partition coefficient (Wildman–Crippen LogP) is 10.6. The van der Waals surface area contributed by atoms with E-state index < -0.39 is 0 Å². The van der Waals surface area contributed by atoms with E-state index in [2.05, 4.69) is 126 Å². The number of nitrogens with zero attached hydrogens (tertiary/aromatic N) is 2. The molecule has 184 valence electrons. The fourth-order valence-corrected chi connectivity index (χ4v) is 7.92. The zero-order valence-electron chi connectivity index (χ0n) is 21.3. The summed E-state index contributed by atoms with van der Waals surface area (Å²) >= 11 is 1.87. The van der Waals surface area contributed by atoms with Crippen LogP contribution in [0.4, 0.5) is 0 Å². The number of thiophene rings is 1. The summed E-state index contributed by atoms with van der Waals surface area (Å²) in [4.78, 5) is 5.25.